The van der Waals surface area contributed by atoms with E-state index in [4.69, 9.17) is 14.6 Å². The minimum absolute atomic E-state index is 0. The predicted molar refractivity (Wildman–Crippen MR) is 89.0 cm³/mol. The van der Waals surface area contributed by atoms with Crippen LogP contribution in [0.1, 0.15) is 11.1 Å². The Morgan fingerprint density at radius 1 is 0.923 bits per heavy atom. The van der Waals surface area contributed by atoms with Crippen LogP contribution in [0.2, 0.25) is 0 Å². The summed E-state index contributed by atoms with van der Waals surface area (Å²) in [6.45, 7) is 0.835. The monoisotopic (exact) mass is 537 g/mol. The molecule has 0 aliphatic rings. The summed E-state index contributed by atoms with van der Waals surface area (Å²) >= 11 is 0. The second-order valence-electron chi connectivity index (χ2n) is 5.71. The maximum absolute atomic E-state index is 12.8. The summed E-state index contributed by atoms with van der Waals surface area (Å²) in [4.78, 5) is 0. The average Bonchev–Trinajstić information content (AvgIpc) is 2.60. The van der Waals surface area contributed by atoms with Crippen molar-refractivity contribution in [2.45, 2.75) is 18.4 Å². The van der Waals surface area contributed by atoms with Gasteiger partial charge in [-0.05, 0) is 47.9 Å². The molecular weight excluding hydrogens is 517 g/mol. The van der Waals surface area contributed by atoms with Crippen LogP contribution in [0.5, 0.6) is 11.5 Å². The first-order valence-corrected chi connectivity index (χ1v) is 7.76. The van der Waals surface area contributed by atoms with Crippen molar-refractivity contribution in [3.05, 3.63) is 66.6 Å². The first kappa shape index (κ1) is 22.5. The van der Waals surface area contributed by atoms with E-state index in [1.54, 1.807) is 36.4 Å². The average molecular weight is 537 g/mol. The topological polar surface area (TPSA) is 38.7 Å². The maximum atomic E-state index is 12.8. The van der Waals surface area contributed by atoms with E-state index in [0.717, 1.165) is 11.1 Å². The molecule has 1 N–H and O–H groups in total. The Morgan fingerprint density at radius 3 is 1.81 bits per heavy atom. The fourth-order valence-corrected chi connectivity index (χ4v) is 2.06. The molecule has 142 valence electrons. The number of aliphatic hydroxyl groups excluding tert-OH is 1. The number of rotatable bonds is 9. The standard InChI is InChI=1S/C19H20F3O3.W/c1-14(23)11-24-17-6-2-15(3-7-17)10-16-4-8-18(9-5-16)25-13-19(21,22)12-20;/h2-9,14,23H,1,10-13H2;/q-1;. The predicted octanol–water partition coefficient (Wildman–Crippen LogP) is 3.83. The summed E-state index contributed by atoms with van der Waals surface area (Å²) in [5.41, 5.74) is 2.02. The number of aliphatic hydroxyl groups is 1. The summed E-state index contributed by atoms with van der Waals surface area (Å²) < 4.78 is 47.9. The van der Waals surface area contributed by atoms with Crippen molar-refractivity contribution < 1.29 is 48.8 Å². The van der Waals surface area contributed by atoms with Gasteiger partial charge in [0.2, 0.25) is 0 Å². The fraction of sp³-hybridized carbons (Fsp3) is 0.316. The van der Waals surface area contributed by atoms with Gasteiger partial charge in [0.05, 0.1) is 6.61 Å². The number of alkyl halides is 3. The fourth-order valence-electron chi connectivity index (χ4n) is 2.06. The van der Waals surface area contributed by atoms with Crippen LogP contribution in [-0.2, 0) is 27.5 Å². The molecular formula is C19H20F3O3W-. The van der Waals surface area contributed by atoms with E-state index in [9.17, 15) is 13.2 Å². The second kappa shape index (κ2) is 10.6. The van der Waals surface area contributed by atoms with E-state index in [2.05, 4.69) is 6.92 Å². The van der Waals surface area contributed by atoms with E-state index in [-0.39, 0.29) is 33.4 Å². The van der Waals surface area contributed by atoms with Crippen LogP contribution in [0.4, 0.5) is 13.2 Å². The molecule has 2 aromatic rings. The minimum Gasteiger partial charge on any atom is -0.494 e. The third-order valence-electron chi connectivity index (χ3n) is 3.34. The molecule has 1 atom stereocenters. The molecule has 0 aliphatic carbocycles. The molecule has 0 radical (unpaired) electrons. The van der Waals surface area contributed by atoms with E-state index in [1.807, 2.05) is 12.1 Å². The van der Waals surface area contributed by atoms with Crippen LogP contribution in [-0.4, -0.2) is 37.0 Å². The first-order chi connectivity index (χ1) is 11.9. The molecule has 2 aromatic carbocycles. The molecule has 0 spiro atoms. The van der Waals surface area contributed by atoms with Gasteiger partial charge in [0.25, 0.3) is 0 Å². The van der Waals surface area contributed by atoms with Gasteiger partial charge < -0.3 is 21.5 Å². The van der Waals surface area contributed by atoms with E-state index < -0.39 is 25.3 Å². The Kier molecular flexibility index (Phi) is 9.17. The number of hydrogen-bond donors (Lipinski definition) is 1. The van der Waals surface area contributed by atoms with Crippen LogP contribution in [0.25, 0.3) is 0 Å². The van der Waals surface area contributed by atoms with Crippen molar-refractivity contribution in [1.82, 2.24) is 0 Å². The van der Waals surface area contributed by atoms with Gasteiger partial charge in [-0.15, -0.1) is 0 Å². The third-order valence-corrected chi connectivity index (χ3v) is 3.34. The van der Waals surface area contributed by atoms with Crippen molar-refractivity contribution in [2.75, 3.05) is 19.9 Å². The van der Waals surface area contributed by atoms with E-state index in [0.29, 0.717) is 12.2 Å². The maximum Gasteiger partial charge on any atom is 0.309 e. The molecule has 0 fully saturated rings. The summed E-state index contributed by atoms with van der Waals surface area (Å²) in [6, 6.07) is 14.1. The van der Waals surface area contributed by atoms with Crippen LogP contribution < -0.4 is 9.47 Å². The van der Waals surface area contributed by atoms with Gasteiger partial charge >= 0.3 is 5.92 Å². The molecule has 0 amide bonds. The van der Waals surface area contributed by atoms with Crippen molar-refractivity contribution in [3.63, 3.8) is 0 Å². The Labute approximate surface area is 165 Å². The van der Waals surface area contributed by atoms with Crippen LogP contribution in [0.3, 0.4) is 0 Å². The second-order valence-corrected chi connectivity index (χ2v) is 5.71. The summed E-state index contributed by atoms with van der Waals surface area (Å²) in [7, 11) is 0. The van der Waals surface area contributed by atoms with E-state index >= 15 is 0 Å². The number of benzene rings is 2. The SMILES string of the molecule is [CH2-]C(O)COc1ccc(Cc2ccc(OCC(F)(F)CF)cc2)cc1.[W]. The molecule has 0 heterocycles. The van der Waals surface area contributed by atoms with Crippen LogP contribution in [0.15, 0.2) is 48.5 Å². The molecule has 2 rings (SSSR count). The zero-order valence-electron chi connectivity index (χ0n) is 14.0. The van der Waals surface area contributed by atoms with Gasteiger partial charge in [0.1, 0.15) is 11.5 Å². The smallest absolute Gasteiger partial charge is 0.309 e. The van der Waals surface area contributed by atoms with Gasteiger partial charge in [0.15, 0.2) is 13.3 Å². The van der Waals surface area contributed by atoms with Gasteiger partial charge in [-0.3, -0.25) is 0 Å². The summed E-state index contributed by atoms with van der Waals surface area (Å²) in [5, 5.41) is 9.08. The van der Waals surface area contributed by atoms with Gasteiger partial charge in [-0.2, -0.15) is 8.78 Å². The Balaban J connectivity index is 0.00000338. The Morgan fingerprint density at radius 2 is 1.38 bits per heavy atom. The molecule has 0 aromatic heterocycles. The first-order valence-electron chi connectivity index (χ1n) is 7.76. The van der Waals surface area contributed by atoms with Crippen molar-refractivity contribution in [2.24, 2.45) is 0 Å². The molecule has 1 unspecified atom stereocenters. The summed E-state index contributed by atoms with van der Waals surface area (Å²) in [5.74, 6) is -2.55. The van der Waals surface area contributed by atoms with Crippen molar-refractivity contribution >= 4 is 0 Å². The largest absolute Gasteiger partial charge is 0.494 e. The van der Waals surface area contributed by atoms with Crippen LogP contribution >= 0.6 is 0 Å². The Bertz CT molecular complexity index is 646. The zero-order valence-corrected chi connectivity index (χ0v) is 17.0. The number of hydrogen-bond acceptors (Lipinski definition) is 3. The number of halogens is 3. The third kappa shape index (κ3) is 7.79. The Hall–Kier alpha value is -1.52. The molecule has 0 saturated heterocycles. The molecule has 26 heavy (non-hydrogen) atoms. The van der Waals surface area contributed by atoms with Gasteiger partial charge in [0, 0.05) is 21.1 Å². The van der Waals surface area contributed by atoms with Crippen molar-refractivity contribution in [3.8, 4) is 11.5 Å². The molecule has 0 aliphatic heterocycles. The quantitative estimate of drug-likeness (QED) is 0.495. The van der Waals surface area contributed by atoms with Crippen molar-refractivity contribution in [1.29, 1.82) is 0 Å². The zero-order chi connectivity index (χ0) is 18.3. The minimum atomic E-state index is -3.47. The molecule has 7 heteroatoms. The van der Waals surface area contributed by atoms with Gasteiger partial charge in [-0.25, -0.2) is 4.39 Å². The summed E-state index contributed by atoms with van der Waals surface area (Å²) in [6.07, 6.45) is -0.121. The normalized spacial score (nSPS) is 12.2. The number of ether oxygens (including phenoxy) is 2. The van der Waals surface area contributed by atoms with Crippen LogP contribution in [0, 0.1) is 6.92 Å². The molecule has 3 nitrogen and oxygen atoms in total. The van der Waals surface area contributed by atoms with E-state index in [1.165, 1.54) is 0 Å². The molecule has 0 bridgehead atoms. The van der Waals surface area contributed by atoms with Gasteiger partial charge in [-0.1, -0.05) is 24.3 Å². The molecule has 0 saturated carbocycles.